The van der Waals surface area contributed by atoms with E-state index in [1.165, 1.54) is 38.6 Å². The lowest BCUT2D eigenvalue weighted by atomic mass is 10.1. The molecule has 0 saturated heterocycles. The van der Waals surface area contributed by atoms with Crippen molar-refractivity contribution in [3.8, 4) is 0 Å². The molecule has 0 radical (unpaired) electrons. The van der Waals surface area contributed by atoms with Crippen molar-refractivity contribution in [3.63, 3.8) is 0 Å². The number of carboxylic acid groups (broad SMARTS) is 1. The first-order valence-electron chi connectivity index (χ1n) is 8.57. The van der Waals surface area contributed by atoms with Crippen LogP contribution in [0.15, 0.2) is 53.7 Å². The van der Waals surface area contributed by atoms with E-state index in [1.54, 1.807) is 24.3 Å². The van der Waals surface area contributed by atoms with Crippen molar-refractivity contribution < 1.29 is 18.3 Å². The van der Waals surface area contributed by atoms with Crippen molar-refractivity contribution in [1.82, 2.24) is 19.3 Å². The molecule has 4 rings (SSSR count). The third-order valence-corrected chi connectivity index (χ3v) is 6.32. The summed E-state index contributed by atoms with van der Waals surface area (Å²) in [6, 6.07) is 11.1. The summed E-state index contributed by atoms with van der Waals surface area (Å²) in [4.78, 5) is 23.1. The molecule has 2 aromatic heterocycles. The molecule has 3 N–H and O–H groups in total. The van der Waals surface area contributed by atoms with Gasteiger partial charge >= 0.3 is 5.97 Å². The number of hydrogen-bond acceptors (Lipinski definition) is 6. The maximum atomic E-state index is 12.4. The summed E-state index contributed by atoms with van der Waals surface area (Å²) >= 11 is 0. The van der Waals surface area contributed by atoms with Gasteiger partial charge in [-0.2, -0.15) is 0 Å². The van der Waals surface area contributed by atoms with E-state index in [4.69, 9.17) is 0 Å². The number of fused-ring (bicyclic) bond motifs is 3. The van der Waals surface area contributed by atoms with E-state index in [-0.39, 0.29) is 10.5 Å². The standard InChI is InChI=1S/C19H17N5O4S/c1-24(2)29(27,28)13-5-3-4-12(9-13)22-17-16-14-8-11(19(25)26)6-7-15(14)23-18(16)21-10-20-17/h3-10H,1-2H3,(H,25,26)(H2,20,21,22,23). The highest BCUT2D eigenvalue weighted by Gasteiger charge is 2.18. The van der Waals surface area contributed by atoms with Gasteiger partial charge in [0.1, 0.15) is 17.8 Å². The summed E-state index contributed by atoms with van der Waals surface area (Å²) in [5.74, 6) is -0.600. The molecule has 0 aliphatic rings. The van der Waals surface area contributed by atoms with Crippen molar-refractivity contribution in [2.75, 3.05) is 19.4 Å². The second-order valence-electron chi connectivity index (χ2n) is 6.58. The molecule has 2 heterocycles. The van der Waals surface area contributed by atoms with E-state index in [1.807, 2.05) is 0 Å². The molecule has 2 aromatic carbocycles. The molecule has 0 spiro atoms. The van der Waals surface area contributed by atoms with Gasteiger partial charge < -0.3 is 15.4 Å². The van der Waals surface area contributed by atoms with Crippen LogP contribution < -0.4 is 5.32 Å². The van der Waals surface area contributed by atoms with Crippen LogP contribution in [0.4, 0.5) is 11.5 Å². The number of benzene rings is 2. The molecular formula is C19H17N5O4S. The largest absolute Gasteiger partial charge is 0.478 e. The number of H-pyrrole nitrogens is 1. The number of anilines is 2. The number of carboxylic acids is 1. The maximum absolute atomic E-state index is 12.4. The minimum atomic E-state index is -3.58. The average molecular weight is 411 g/mol. The van der Waals surface area contributed by atoms with Crippen LogP contribution in [0.1, 0.15) is 10.4 Å². The molecule has 0 aliphatic carbocycles. The van der Waals surface area contributed by atoms with Crippen LogP contribution in [0.2, 0.25) is 0 Å². The number of rotatable bonds is 5. The van der Waals surface area contributed by atoms with E-state index >= 15 is 0 Å². The van der Waals surface area contributed by atoms with Gasteiger partial charge in [0.2, 0.25) is 10.0 Å². The number of sulfonamides is 1. The molecule has 9 nitrogen and oxygen atoms in total. The summed E-state index contributed by atoms with van der Waals surface area (Å²) in [5, 5.41) is 13.7. The molecule has 0 unspecified atom stereocenters. The zero-order valence-electron chi connectivity index (χ0n) is 15.5. The highest BCUT2D eigenvalue weighted by Crippen LogP contribution is 2.31. The van der Waals surface area contributed by atoms with Gasteiger partial charge in [-0.1, -0.05) is 6.07 Å². The van der Waals surface area contributed by atoms with Gasteiger partial charge in [-0.15, -0.1) is 0 Å². The SMILES string of the molecule is CN(C)S(=O)(=O)c1cccc(Nc2ncnc3[nH]c4ccc(C(=O)O)cc4c23)c1. The molecule has 0 bridgehead atoms. The minimum absolute atomic E-state index is 0.143. The fourth-order valence-corrected chi connectivity index (χ4v) is 3.98. The van der Waals surface area contributed by atoms with Crippen LogP contribution in [0.25, 0.3) is 21.9 Å². The Labute approximate surface area is 166 Å². The Morgan fingerprint density at radius 2 is 1.93 bits per heavy atom. The molecule has 4 aromatic rings. The second kappa shape index (κ2) is 6.83. The lowest BCUT2D eigenvalue weighted by Crippen LogP contribution is -2.22. The highest BCUT2D eigenvalue weighted by molar-refractivity contribution is 7.89. The first kappa shape index (κ1) is 18.8. The number of aromatic nitrogens is 3. The average Bonchev–Trinajstić information content (AvgIpc) is 3.06. The topological polar surface area (TPSA) is 128 Å². The van der Waals surface area contributed by atoms with E-state index < -0.39 is 16.0 Å². The van der Waals surface area contributed by atoms with Crippen LogP contribution in [-0.2, 0) is 10.0 Å². The first-order valence-corrected chi connectivity index (χ1v) is 10.0. The molecule has 0 amide bonds. The maximum Gasteiger partial charge on any atom is 0.335 e. The van der Waals surface area contributed by atoms with Crippen LogP contribution in [0.3, 0.4) is 0 Å². The Kier molecular flexibility index (Phi) is 4.44. The van der Waals surface area contributed by atoms with Crippen LogP contribution in [0, 0.1) is 0 Å². The molecular weight excluding hydrogens is 394 g/mol. The molecule has 0 aliphatic heterocycles. The van der Waals surface area contributed by atoms with Gasteiger partial charge in [-0.3, -0.25) is 0 Å². The lowest BCUT2D eigenvalue weighted by Gasteiger charge is -2.13. The fraction of sp³-hybridized carbons (Fsp3) is 0.105. The molecule has 0 atom stereocenters. The zero-order valence-corrected chi connectivity index (χ0v) is 16.4. The Bertz CT molecular complexity index is 1360. The molecule has 10 heteroatoms. The fourth-order valence-electron chi connectivity index (χ4n) is 3.03. The normalized spacial score (nSPS) is 12.0. The van der Waals surface area contributed by atoms with Gasteiger partial charge in [-0.05, 0) is 36.4 Å². The quantitative estimate of drug-likeness (QED) is 0.461. The molecule has 0 saturated carbocycles. The number of nitrogens with zero attached hydrogens (tertiary/aromatic N) is 3. The summed E-state index contributed by atoms with van der Waals surface area (Å²) in [6.45, 7) is 0. The molecule has 148 valence electrons. The third-order valence-electron chi connectivity index (χ3n) is 4.51. The van der Waals surface area contributed by atoms with E-state index in [0.717, 1.165) is 9.82 Å². The van der Waals surface area contributed by atoms with Crippen LogP contribution >= 0.6 is 0 Å². The van der Waals surface area contributed by atoms with Crippen molar-refractivity contribution in [2.45, 2.75) is 4.90 Å². The van der Waals surface area contributed by atoms with Gasteiger partial charge in [-0.25, -0.2) is 27.5 Å². The van der Waals surface area contributed by atoms with Gasteiger partial charge in [0.25, 0.3) is 0 Å². The lowest BCUT2D eigenvalue weighted by molar-refractivity contribution is 0.0697. The van der Waals surface area contributed by atoms with Gasteiger partial charge in [0.15, 0.2) is 0 Å². The van der Waals surface area contributed by atoms with Crippen molar-refractivity contribution in [3.05, 3.63) is 54.4 Å². The van der Waals surface area contributed by atoms with Gasteiger partial charge in [0.05, 0.1) is 15.8 Å². The Morgan fingerprint density at radius 3 is 2.66 bits per heavy atom. The predicted octanol–water partition coefficient (Wildman–Crippen LogP) is 2.80. The smallest absolute Gasteiger partial charge is 0.335 e. The summed E-state index contributed by atoms with van der Waals surface area (Å²) in [5.41, 5.74) is 1.93. The second-order valence-corrected chi connectivity index (χ2v) is 8.73. The summed E-state index contributed by atoms with van der Waals surface area (Å²) in [7, 11) is -0.649. The minimum Gasteiger partial charge on any atom is -0.478 e. The van der Waals surface area contributed by atoms with Crippen molar-refractivity contribution in [1.29, 1.82) is 0 Å². The highest BCUT2D eigenvalue weighted by atomic mass is 32.2. The van der Waals surface area contributed by atoms with Crippen molar-refractivity contribution in [2.24, 2.45) is 0 Å². The Balaban J connectivity index is 1.84. The number of aromatic carboxylic acids is 1. The first-order chi connectivity index (χ1) is 13.8. The monoisotopic (exact) mass is 411 g/mol. The third kappa shape index (κ3) is 3.28. The number of carbonyl (C=O) groups is 1. The van der Waals surface area contributed by atoms with Gasteiger partial charge in [0, 0.05) is 30.7 Å². The molecule has 29 heavy (non-hydrogen) atoms. The number of aromatic amines is 1. The number of nitrogens with one attached hydrogen (secondary N) is 2. The summed E-state index contributed by atoms with van der Waals surface area (Å²) in [6.07, 6.45) is 1.37. The zero-order chi connectivity index (χ0) is 20.8. The Morgan fingerprint density at radius 1 is 1.14 bits per heavy atom. The van der Waals surface area contributed by atoms with Crippen LogP contribution in [-0.4, -0.2) is 52.8 Å². The number of hydrogen-bond donors (Lipinski definition) is 3. The predicted molar refractivity (Wildman–Crippen MR) is 109 cm³/mol. The van der Waals surface area contributed by atoms with E-state index in [2.05, 4.69) is 20.3 Å². The van der Waals surface area contributed by atoms with E-state index in [0.29, 0.717) is 27.9 Å². The Hall–Kier alpha value is -3.50. The summed E-state index contributed by atoms with van der Waals surface area (Å²) < 4.78 is 25.9. The molecule has 0 fully saturated rings. The van der Waals surface area contributed by atoms with Crippen molar-refractivity contribution >= 4 is 49.4 Å². The van der Waals surface area contributed by atoms with Crippen LogP contribution in [0.5, 0.6) is 0 Å². The van der Waals surface area contributed by atoms with E-state index in [9.17, 15) is 18.3 Å².